The third-order valence-electron chi connectivity index (χ3n) is 5.91. The first-order valence-electron chi connectivity index (χ1n) is 11.5. The summed E-state index contributed by atoms with van der Waals surface area (Å²) in [5.41, 5.74) is 1.99. The van der Waals surface area contributed by atoms with E-state index in [1.807, 2.05) is 0 Å². The first kappa shape index (κ1) is 24.8. The number of halogens is 2. The number of phenolic OH excluding ortho intramolecular Hbond substituents is 2. The Morgan fingerprint density at radius 2 is 1.82 bits per heavy atom. The van der Waals surface area contributed by atoms with Crippen LogP contribution in [0, 0.1) is 11.6 Å². The van der Waals surface area contributed by atoms with Crippen molar-refractivity contribution in [3.63, 3.8) is 0 Å². The zero-order valence-corrected chi connectivity index (χ0v) is 20.0. The van der Waals surface area contributed by atoms with Gasteiger partial charge in [-0.15, -0.1) is 0 Å². The van der Waals surface area contributed by atoms with Crippen LogP contribution in [0.4, 0.5) is 14.6 Å². The first-order chi connectivity index (χ1) is 18.3. The fourth-order valence-corrected chi connectivity index (χ4v) is 3.93. The molecule has 0 bridgehead atoms. The van der Waals surface area contributed by atoms with E-state index >= 15 is 0 Å². The Bertz CT molecular complexity index is 1570. The highest BCUT2D eigenvalue weighted by Crippen LogP contribution is 2.30. The third kappa shape index (κ3) is 5.02. The van der Waals surface area contributed by atoms with Gasteiger partial charge in [-0.25, -0.2) is 18.7 Å². The summed E-state index contributed by atoms with van der Waals surface area (Å²) in [6, 6.07) is 13.5. The summed E-state index contributed by atoms with van der Waals surface area (Å²) in [6.45, 7) is 0.0119. The molecule has 0 saturated heterocycles. The second-order valence-corrected chi connectivity index (χ2v) is 8.56. The lowest BCUT2D eigenvalue weighted by molar-refractivity contribution is 0.184. The molecule has 12 heteroatoms. The van der Waals surface area contributed by atoms with E-state index in [9.17, 15) is 24.1 Å². The Morgan fingerprint density at radius 3 is 2.55 bits per heavy atom. The lowest BCUT2D eigenvalue weighted by Crippen LogP contribution is -2.26. The molecule has 0 amide bonds. The van der Waals surface area contributed by atoms with E-state index in [4.69, 9.17) is 4.52 Å². The van der Waals surface area contributed by atoms with Crippen molar-refractivity contribution < 1.29 is 28.6 Å². The van der Waals surface area contributed by atoms with E-state index in [1.54, 1.807) is 30.3 Å². The summed E-state index contributed by atoms with van der Waals surface area (Å²) in [5, 5.41) is 38.3. The maximum Gasteiger partial charge on any atom is 0.183 e. The minimum absolute atomic E-state index is 0.0799. The zero-order chi connectivity index (χ0) is 26.8. The number of aliphatic hydroxyl groups excluding tert-OH is 1. The lowest BCUT2D eigenvalue weighted by Gasteiger charge is -2.22. The summed E-state index contributed by atoms with van der Waals surface area (Å²) in [6.07, 6.45) is 1.28. The molecular weight excluding hydrogens is 498 g/mol. The molecule has 1 atom stereocenters. The minimum Gasteiger partial charge on any atom is -0.504 e. The fraction of sp³-hybridized carbons (Fsp3) is 0.154. The molecule has 0 fully saturated rings. The number of aromatic nitrogens is 5. The summed E-state index contributed by atoms with van der Waals surface area (Å²) < 4.78 is 35.6. The van der Waals surface area contributed by atoms with Crippen molar-refractivity contribution >= 4 is 5.82 Å². The van der Waals surface area contributed by atoms with E-state index in [-0.39, 0.29) is 41.9 Å². The van der Waals surface area contributed by atoms with Crippen LogP contribution in [-0.4, -0.2) is 53.8 Å². The van der Waals surface area contributed by atoms with Gasteiger partial charge < -0.3 is 24.7 Å². The molecule has 3 heterocycles. The quantitative estimate of drug-likeness (QED) is 0.261. The van der Waals surface area contributed by atoms with Crippen LogP contribution in [0.1, 0.15) is 17.2 Å². The molecule has 0 spiro atoms. The van der Waals surface area contributed by atoms with Crippen molar-refractivity contribution in [2.45, 2.75) is 12.6 Å². The average molecular weight is 520 g/mol. The molecule has 0 aliphatic rings. The minimum atomic E-state index is -1.12. The molecule has 5 rings (SSSR count). The molecule has 194 valence electrons. The topological polar surface area (TPSA) is 134 Å². The van der Waals surface area contributed by atoms with Gasteiger partial charge in [0.25, 0.3) is 0 Å². The molecule has 3 aromatic heterocycles. The molecule has 5 aromatic rings. The molecule has 10 nitrogen and oxygen atoms in total. The Labute approximate surface area is 215 Å². The number of hydrogen-bond acceptors (Lipinski definition) is 9. The largest absolute Gasteiger partial charge is 0.504 e. The molecule has 38 heavy (non-hydrogen) atoms. The number of nitrogens with zero attached hydrogens (tertiary/aromatic N) is 6. The van der Waals surface area contributed by atoms with Crippen LogP contribution in [0.3, 0.4) is 0 Å². The van der Waals surface area contributed by atoms with E-state index in [1.165, 1.54) is 47.2 Å². The Hall–Kier alpha value is -4.84. The number of hydrogen-bond donors (Lipinski definition) is 3. The van der Waals surface area contributed by atoms with Gasteiger partial charge >= 0.3 is 0 Å². The van der Waals surface area contributed by atoms with Crippen LogP contribution in [0.25, 0.3) is 22.9 Å². The summed E-state index contributed by atoms with van der Waals surface area (Å²) in [4.78, 5) is 9.80. The summed E-state index contributed by atoms with van der Waals surface area (Å²) in [7, 11) is 1.54. The standard InChI is InChI=1S/C26H22F2N6O4/c1-33(14-24(37)15-6-7-22(35)23(36)10-15)26-18(28)12-29-25(30-26)20-11-21(19-8-9-38-32-19)34(31-20)13-16-4-2-3-5-17(16)27/h2-12,24,35-37H,13-14H2,1H3. The third-order valence-corrected chi connectivity index (χ3v) is 5.91. The van der Waals surface area contributed by atoms with Crippen LogP contribution in [0.5, 0.6) is 11.5 Å². The van der Waals surface area contributed by atoms with Gasteiger partial charge in [0.05, 0.1) is 24.5 Å². The van der Waals surface area contributed by atoms with Gasteiger partial charge in [-0.05, 0) is 29.8 Å². The normalized spacial score (nSPS) is 12.0. The van der Waals surface area contributed by atoms with Gasteiger partial charge in [0, 0.05) is 25.2 Å². The van der Waals surface area contributed by atoms with Crippen LogP contribution >= 0.6 is 0 Å². The second-order valence-electron chi connectivity index (χ2n) is 8.56. The van der Waals surface area contributed by atoms with Gasteiger partial charge in [0.1, 0.15) is 23.5 Å². The van der Waals surface area contributed by atoms with Crippen LogP contribution < -0.4 is 4.90 Å². The van der Waals surface area contributed by atoms with Crippen molar-refractivity contribution in [2.75, 3.05) is 18.5 Å². The predicted molar refractivity (Wildman–Crippen MR) is 132 cm³/mol. The van der Waals surface area contributed by atoms with Gasteiger partial charge in [-0.3, -0.25) is 4.68 Å². The molecule has 3 N–H and O–H groups in total. The van der Waals surface area contributed by atoms with Crippen LogP contribution in [-0.2, 0) is 6.54 Å². The highest BCUT2D eigenvalue weighted by molar-refractivity contribution is 5.63. The monoisotopic (exact) mass is 520 g/mol. The van der Waals surface area contributed by atoms with Crippen molar-refractivity contribution in [1.29, 1.82) is 0 Å². The molecule has 1 unspecified atom stereocenters. The molecule has 2 aromatic carbocycles. The molecule has 0 radical (unpaired) electrons. The molecule has 0 saturated carbocycles. The highest BCUT2D eigenvalue weighted by atomic mass is 19.1. The molecular formula is C26H22F2N6O4. The van der Waals surface area contributed by atoms with Gasteiger partial charge in [0.15, 0.2) is 29.0 Å². The first-order valence-corrected chi connectivity index (χ1v) is 11.5. The maximum atomic E-state index is 14.7. The van der Waals surface area contributed by atoms with Crippen molar-refractivity contribution in [3.05, 3.63) is 89.8 Å². The van der Waals surface area contributed by atoms with Crippen molar-refractivity contribution in [3.8, 4) is 34.4 Å². The van der Waals surface area contributed by atoms with Crippen LogP contribution in [0.2, 0.25) is 0 Å². The number of likely N-dealkylation sites (N-methyl/N-ethyl adjacent to an activating group) is 1. The van der Waals surface area contributed by atoms with Crippen molar-refractivity contribution in [2.24, 2.45) is 0 Å². The van der Waals surface area contributed by atoms with Gasteiger partial charge in [-0.2, -0.15) is 5.10 Å². The van der Waals surface area contributed by atoms with Gasteiger partial charge in [-0.1, -0.05) is 29.4 Å². The Morgan fingerprint density at radius 1 is 1.00 bits per heavy atom. The zero-order valence-electron chi connectivity index (χ0n) is 20.0. The lowest BCUT2D eigenvalue weighted by atomic mass is 10.1. The Balaban J connectivity index is 1.45. The number of aromatic hydroxyl groups is 2. The second kappa shape index (κ2) is 10.3. The molecule has 0 aliphatic carbocycles. The maximum absolute atomic E-state index is 14.7. The average Bonchev–Trinajstić information content (AvgIpc) is 3.57. The fourth-order valence-electron chi connectivity index (χ4n) is 3.93. The van der Waals surface area contributed by atoms with E-state index < -0.39 is 17.7 Å². The van der Waals surface area contributed by atoms with Gasteiger partial charge in [0.2, 0.25) is 0 Å². The number of benzene rings is 2. The number of aliphatic hydroxyl groups is 1. The Kier molecular flexibility index (Phi) is 6.71. The highest BCUT2D eigenvalue weighted by Gasteiger charge is 2.21. The van der Waals surface area contributed by atoms with Crippen molar-refractivity contribution in [1.82, 2.24) is 24.9 Å². The summed E-state index contributed by atoms with van der Waals surface area (Å²) >= 11 is 0. The van der Waals surface area contributed by atoms with E-state index in [0.717, 1.165) is 6.20 Å². The number of anilines is 1. The number of phenols is 2. The van der Waals surface area contributed by atoms with E-state index in [2.05, 4.69) is 20.2 Å². The summed E-state index contributed by atoms with van der Waals surface area (Å²) in [5.74, 6) is -1.81. The molecule has 0 aliphatic heterocycles. The van der Waals surface area contributed by atoms with Crippen LogP contribution in [0.15, 0.2) is 71.6 Å². The SMILES string of the molecule is CN(CC(O)c1ccc(O)c(O)c1)c1nc(-c2cc(-c3ccon3)n(Cc3ccccc3F)n2)ncc1F. The van der Waals surface area contributed by atoms with E-state index in [0.29, 0.717) is 22.5 Å². The predicted octanol–water partition coefficient (Wildman–Crippen LogP) is 3.90. The number of rotatable bonds is 8. The smallest absolute Gasteiger partial charge is 0.183 e.